The van der Waals surface area contributed by atoms with E-state index in [9.17, 15) is 13.2 Å². The summed E-state index contributed by atoms with van der Waals surface area (Å²) in [5.74, 6) is 1.62. The van der Waals surface area contributed by atoms with E-state index in [-0.39, 0.29) is 5.91 Å². The van der Waals surface area contributed by atoms with Crippen molar-refractivity contribution in [2.24, 2.45) is 0 Å². The van der Waals surface area contributed by atoms with E-state index >= 15 is 0 Å². The maximum atomic E-state index is 12.5. The second-order valence-corrected chi connectivity index (χ2v) is 8.02. The highest BCUT2D eigenvalue weighted by atomic mass is 32.2. The van der Waals surface area contributed by atoms with E-state index in [0.717, 1.165) is 5.56 Å². The number of nitrogens with zero attached hydrogens (tertiary/aromatic N) is 2. The van der Waals surface area contributed by atoms with E-state index in [1.54, 1.807) is 25.2 Å². The third kappa shape index (κ3) is 4.59. The highest BCUT2D eigenvalue weighted by molar-refractivity contribution is 7.88. The van der Waals surface area contributed by atoms with Crippen LogP contribution in [0.4, 0.5) is 0 Å². The van der Waals surface area contributed by atoms with E-state index in [0.29, 0.717) is 56.3 Å². The van der Waals surface area contributed by atoms with E-state index in [1.807, 2.05) is 6.07 Å². The van der Waals surface area contributed by atoms with Gasteiger partial charge in [-0.3, -0.25) is 4.79 Å². The maximum absolute atomic E-state index is 12.5. The van der Waals surface area contributed by atoms with Gasteiger partial charge in [0.1, 0.15) is 0 Å². The molecule has 146 valence electrons. The first-order valence-electron chi connectivity index (χ1n) is 8.32. The van der Waals surface area contributed by atoms with Gasteiger partial charge in [-0.15, -0.1) is 0 Å². The van der Waals surface area contributed by atoms with Crippen LogP contribution >= 0.6 is 0 Å². The van der Waals surface area contributed by atoms with Crippen LogP contribution in [0.3, 0.4) is 0 Å². The van der Waals surface area contributed by atoms with E-state index in [4.69, 9.17) is 14.2 Å². The largest absolute Gasteiger partial charge is 0.493 e. The molecule has 1 aromatic carbocycles. The van der Waals surface area contributed by atoms with E-state index in [1.165, 1.54) is 17.7 Å². The Kier molecular flexibility index (Phi) is 6.71. The second-order valence-electron chi connectivity index (χ2n) is 6.04. The van der Waals surface area contributed by atoms with Crippen molar-refractivity contribution in [3.8, 4) is 17.2 Å². The number of benzene rings is 1. The molecule has 1 aromatic rings. The van der Waals surface area contributed by atoms with E-state index in [2.05, 4.69) is 0 Å². The molecular weight excluding hydrogens is 360 g/mol. The fraction of sp³-hybridized carbons (Fsp3) is 0.588. The summed E-state index contributed by atoms with van der Waals surface area (Å²) in [6, 6.07) is 3.64. The average Bonchev–Trinajstić information content (AvgIpc) is 2.64. The predicted molar refractivity (Wildman–Crippen MR) is 97.4 cm³/mol. The van der Waals surface area contributed by atoms with Crippen molar-refractivity contribution in [2.75, 3.05) is 53.8 Å². The van der Waals surface area contributed by atoms with Gasteiger partial charge in [0.05, 0.1) is 27.6 Å². The molecule has 0 atom stereocenters. The lowest BCUT2D eigenvalue weighted by atomic mass is 10.1. The number of carbonyl (C=O) groups excluding carboxylic acids is 1. The number of piperazine rings is 1. The SMILES string of the molecule is COc1ccc(CCC(=O)N2CCN(S(C)(=O)=O)CC2)c(OC)c1OC. The Morgan fingerprint density at radius 3 is 2.12 bits per heavy atom. The molecule has 1 aliphatic heterocycles. The molecule has 0 unspecified atom stereocenters. The van der Waals surface area contributed by atoms with Crippen molar-refractivity contribution in [1.82, 2.24) is 9.21 Å². The Labute approximate surface area is 154 Å². The van der Waals surface area contributed by atoms with Gasteiger partial charge in [-0.2, -0.15) is 4.31 Å². The molecule has 1 heterocycles. The normalized spacial score (nSPS) is 15.6. The lowest BCUT2D eigenvalue weighted by molar-refractivity contribution is -0.132. The standard InChI is InChI=1S/C17H26N2O6S/c1-23-14-7-5-13(16(24-2)17(14)25-3)6-8-15(20)18-9-11-19(12-10-18)26(4,21)22/h5,7H,6,8-12H2,1-4H3. The molecule has 2 rings (SSSR count). The summed E-state index contributed by atoms with van der Waals surface area (Å²) < 4.78 is 40.5. The highest BCUT2D eigenvalue weighted by Crippen LogP contribution is 2.40. The van der Waals surface area contributed by atoms with Crippen molar-refractivity contribution in [2.45, 2.75) is 12.8 Å². The lowest BCUT2D eigenvalue weighted by Gasteiger charge is -2.33. The number of aryl methyl sites for hydroxylation is 1. The van der Waals surface area contributed by atoms with Crippen LogP contribution in [-0.2, 0) is 21.2 Å². The van der Waals surface area contributed by atoms with Gasteiger partial charge in [0.25, 0.3) is 0 Å². The first-order chi connectivity index (χ1) is 12.3. The topological polar surface area (TPSA) is 85.4 Å². The number of ether oxygens (including phenoxy) is 3. The van der Waals surface area contributed by atoms with Crippen molar-refractivity contribution < 1.29 is 27.4 Å². The molecule has 0 radical (unpaired) electrons. The fourth-order valence-electron chi connectivity index (χ4n) is 3.03. The first-order valence-corrected chi connectivity index (χ1v) is 10.2. The quantitative estimate of drug-likeness (QED) is 0.687. The number of carbonyl (C=O) groups is 1. The summed E-state index contributed by atoms with van der Waals surface area (Å²) in [6.07, 6.45) is 1.99. The van der Waals surface area contributed by atoms with Crippen molar-refractivity contribution in [1.29, 1.82) is 0 Å². The molecule has 0 N–H and O–H groups in total. The third-order valence-corrected chi connectivity index (χ3v) is 5.76. The van der Waals surface area contributed by atoms with Crippen LogP contribution in [0.25, 0.3) is 0 Å². The number of rotatable bonds is 7. The average molecular weight is 386 g/mol. The molecule has 8 nitrogen and oxygen atoms in total. The Hall–Kier alpha value is -2.00. The summed E-state index contributed by atoms with van der Waals surface area (Å²) in [7, 11) is 1.44. The highest BCUT2D eigenvalue weighted by Gasteiger charge is 2.26. The number of methoxy groups -OCH3 is 3. The Bertz CT molecular complexity index is 742. The van der Waals surface area contributed by atoms with E-state index < -0.39 is 10.0 Å². The van der Waals surface area contributed by atoms with Gasteiger partial charge < -0.3 is 19.1 Å². The Morgan fingerprint density at radius 2 is 1.62 bits per heavy atom. The van der Waals surface area contributed by atoms with Gasteiger partial charge in [0.15, 0.2) is 11.5 Å². The number of hydrogen-bond donors (Lipinski definition) is 0. The molecule has 26 heavy (non-hydrogen) atoms. The smallest absolute Gasteiger partial charge is 0.222 e. The molecule has 1 saturated heterocycles. The first kappa shape index (κ1) is 20.3. The molecule has 1 aliphatic rings. The van der Waals surface area contributed by atoms with Crippen molar-refractivity contribution in [3.63, 3.8) is 0 Å². The van der Waals surface area contributed by atoms with Crippen LogP contribution < -0.4 is 14.2 Å². The number of sulfonamides is 1. The Morgan fingerprint density at radius 1 is 1.00 bits per heavy atom. The summed E-state index contributed by atoms with van der Waals surface area (Å²) >= 11 is 0. The van der Waals surface area contributed by atoms with Crippen LogP contribution in [0.1, 0.15) is 12.0 Å². The summed E-state index contributed by atoms with van der Waals surface area (Å²) in [5.41, 5.74) is 0.855. The zero-order chi connectivity index (χ0) is 19.3. The van der Waals surface area contributed by atoms with Crippen LogP contribution in [-0.4, -0.2) is 77.3 Å². The minimum absolute atomic E-state index is 0.00464. The summed E-state index contributed by atoms with van der Waals surface area (Å²) in [6.45, 7) is 1.50. The molecule has 0 saturated carbocycles. The van der Waals surface area contributed by atoms with Crippen molar-refractivity contribution >= 4 is 15.9 Å². The second kappa shape index (κ2) is 8.59. The van der Waals surface area contributed by atoms with Crippen LogP contribution in [0, 0.1) is 0 Å². The van der Waals surface area contributed by atoms with Gasteiger partial charge in [-0.05, 0) is 18.1 Å². The maximum Gasteiger partial charge on any atom is 0.222 e. The Balaban J connectivity index is 2.00. The number of hydrogen-bond acceptors (Lipinski definition) is 6. The molecule has 0 bridgehead atoms. The zero-order valence-corrected chi connectivity index (χ0v) is 16.5. The van der Waals surface area contributed by atoms with Crippen molar-refractivity contribution in [3.05, 3.63) is 17.7 Å². The van der Waals surface area contributed by atoms with Gasteiger partial charge in [0, 0.05) is 32.6 Å². The molecular formula is C17H26N2O6S. The van der Waals surface area contributed by atoms with Crippen LogP contribution in [0.2, 0.25) is 0 Å². The van der Waals surface area contributed by atoms with Gasteiger partial charge in [-0.25, -0.2) is 8.42 Å². The van der Waals surface area contributed by atoms with Gasteiger partial charge >= 0.3 is 0 Å². The number of amides is 1. The minimum Gasteiger partial charge on any atom is -0.493 e. The van der Waals surface area contributed by atoms with Crippen LogP contribution in [0.15, 0.2) is 12.1 Å². The predicted octanol–water partition coefficient (Wildman–Crippen LogP) is 0.749. The molecule has 1 amide bonds. The fourth-order valence-corrected chi connectivity index (χ4v) is 3.86. The van der Waals surface area contributed by atoms with Gasteiger partial charge in [0.2, 0.25) is 21.7 Å². The van der Waals surface area contributed by atoms with Crippen LogP contribution in [0.5, 0.6) is 17.2 Å². The monoisotopic (exact) mass is 386 g/mol. The lowest BCUT2D eigenvalue weighted by Crippen LogP contribution is -2.50. The van der Waals surface area contributed by atoms with Gasteiger partial charge in [-0.1, -0.05) is 6.07 Å². The summed E-state index contributed by atoms with van der Waals surface area (Å²) in [4.78, 5) is 14.2. The summed E-state index contributed by atoms with van der Waals surface area (Å²) in [5, 5.41) is 0. The zero-order valence-electron chi connectivity index (χ0n) is 15.6. The molecule has 0 spiro atoms. The molecule has 0 aliphatic carbocycles. The molecule has 9 heteroatoms. The minimum atomic E-state index is -3.20. The molecule has 1 fully saturated rings. The third-order valence-electron chi connectivity index (χ3n) is 4.45. The molecule has 0 aromatic heterocycles.